The Balaban J connectivity index is 1.75. The van der Waals surface area contributed by atoms with Gasteiger partial charge in [-0.05, 0) is 48.0 Å². The number of halogens is 4. The Morgan fingerprint density at radius 2 is 1.69 bits per heavy atom. The van der Waals surface area contributed by atoms with Crippen LogP contribution in [0.5, 0.6) is 0 Å². The number of thiazole rings is 1. The molecule has 2 aromatic carbocycles. The maximum atomic E-state index is 13.4. The lowest BCUT2D eigenvalue weighted by molar-refractivity contribution is -0.137. The normalized spacial score (nSPS) is 12.0. The zero-order chi connectivity index (χ0) is 22.9. The summed E-state index contributed by atoms with van der Waals surface area (Å²) in [4.78, 5) is 8.51. The Hall–Kier alpha value is -3.31. The van der Waals surface area contributed by atoms with Gasteiger partial charge in [-0.2, -0.15) is 13.2 Å². The molecular weight excluding hydrogens is 466 g/mol. The molecule has 0 aliphatic heterocycles. The first-order valence-electron chi connectivity index (χ1n) is 9.02. The molecular formula is C21H13F4N3O2S2. The summed E-state index contributed by atoms with van der Waals surface area (Å²) in [5, 5.41) is -0.0672. The molecule has 164 valence electrons. The third-order valence-electron chi connectivity index (χ3n) is 4.33. The van der Waals surface area contributed by atoms with Gasteiger partial charge in [-0.1, -0.05) is 35.6 Å². The fraction of sp³-hybridized carbons (Fsp3) is 0.0476. The summed E-state index contributed by atoms with van der Waals surface area (Å²) in [6.45, 7) is 0. The maximum absolute atomic E-state index is 13.4. The van der Waals surface area contributed by atoms with Crippen molar-refractivity contribution in [3.05, 3.63) is 84.3 Å². The van der Waals surface area contributed by atoms with Gasteiger partial charge in [-0.25, -0.2) is 17.8 Å². The first-order valence-corrected chi connectivity index (χ1v) is 11.3. The second kappa shape index (κ2) is 8.32. The minimum Gasteiger partial charge on any atom is -0.255 e. The van der Waals surface area contributed by atoms with Crippen LogP contribution in [-0.4, -0.2) is 18.4 Å². The zero-order valence-electron chi connectivity index (χ0n) is 16.0. The lowest BCUT2D eigenvalue weighted by Crippen LogP contribution is -2.14. The van der Waals surface area contributed by atoms with E-state index in [1.54, 1.807) is 18.2 Å². The highest BCUT2D eigenvalue weighted by Crippen LogP contribution is 2.39. The van der Waals surface area contributed by atoms with Crippen LogP contribution in [-0.2, 0) is 16.2 Å². The van der Waals surface area contributed by atoms with E-state index in [0.29, 0.717) is 27.9 Å². The lowest BCUT2D eigenvalue weighted by atomic mass is 10.1. The molecule has 0 fully saturated rings. The van der Waals surface area contributed by atoms with Gasteiger partial charge >= 0.3 is 6.18 Å². The van der Waals surface area contributed by atoms with Gasteiger partial charge in [0.1, 0.15) is 11.5 Å². The van der Waals surface area contributed by atoms with E-state index < -0.39 is 32.5 Å². The fourth-order valence-corrected chi connectivity index (χ4v) is 5.11. The van der Waals surface area contributed by atoms with Gasteiger partial charge in [0.15, 0.2) is 5.13 Å². The number of anilines is 1. The van der Waals surface area contributed by atoms with Crippen LogP contribution in [0, 0.1) is 5.82 Å². The predicted octanol–water partition coefficient (Wildman–Crippen LogP) is 5.83. The van der Waals surface area contributed by atoms with E-state index in [1.165, 1.54) is 30.5 Å². The van der Waals surface area contributed by atoms with Crippen molar-refractivity contribution in [1.82, 2.24) is 9.97 Å². The number of benzene rings is 2. The number of hydrogen-bond donors (Lipinski definition) is 1. The van der Waals surface area contributed by atoms with Crippen LogP contribution in [0.4, 0.5) is 22.7 Å². The van der Waals surface area contributed by atoms with E-state index in [-0.39, 0.29) is 5.13 Å². The molecule has 0 aliphatic carbocycles. The summed E-state index contributed by atoms with van der Waals surface area (Å²) in [5.41, 5.74) is 0.298. The minimum atomic E-state index is -4.69. The van der Waals surface area contributed by atoms with Crippen molar-refractivity contribution < 1.29 is 26.0 Å². The first-order chi connectivity index (χ1) is 15.1. The molecule has 1 N–H and O–H groups in total. The molecule has 0 atom stereocenters. The number of pyridine rings is 1. The Bertz CT molecular complexity index is 1350. The van der Waals surface area contributed by atoms with E-state index in [2.05, 4.69) is 14.7 Å². The molecule has 0 aliphatic rings. The number of aromatic nitrogens is 2. The van der Waals surface area contributed by atoms with Gasteiger partial charge in [0.25, 0.3) is 10.0 Å². The number of rotatable bonds is 5. The Morgan fingerprint density at radius 1 is 0.938 bits per heavy atom. The lowest BCUT2D eigenvalue weighted by Gasteiger charge is -2.09. The van der Waals surface area contributed by atoms with Crippen molar-refractivity contribution in [3.8, 4) is 21.8 Å². The SMILES string of the molecule is O=S(=O)(Nc1nc(-c2ccccn2)c(-c2ccc(F)cc2)s1)c1cccc(C(F)(F)F)c1. The molecule has 0 amide bonds. The fourth-order valence-electron chi connectivity index (χ4n) is 2.85. The molecule has 2 heterocycles. The van der Waals surface area contributed by atoms with Crippen LogP contribution < -0.4 is 4.72 Å². The summed E-state index contributed by atoms with van der Waals surface area (Å²) >= 11 is 0.959. The number of hydrogen-bond acceptors (Lipinski definition) is 5. The number of nitrogens with zero attached hydrogens (tertiary/aromatic N) is 2. The first kappa shape index (κ1) is 21.9. The van der Waals surface area contributed by atoms with Gasteiger partial charge < -0.3 is 0 Å². The highest BCUT2D eigenvalue weighted by Gasteiger charge is 2.32. The van der Waals surface area contributed by atoms with E-state index in [1.807, 2.05) is 0 Å². The molecule has 5 nitrogen and oxygen atoms in total. The van der Waals surface area contributed by atoms with Crippen LogP contribution in [0.2, 0.25) is 0 Å². The standard InChI is InChI=1S/C21H13F4N3O2S2/c22-15-9-7-13(8-10-15)19-18(17-6-1-2-11-26-17)27-20(31-19)28-32(29,30)16-5-3-4-14(12-16)21(23,24)25/h1-12H,(H,27,28). The third-order valence-corrected chi connectivity index (χ3v) is 6.82. The zero-order valence-corrected chi connectivity index (χ0v) is 17.6. The molecule has 0 radical (unpaired) electrons. The second-order valence-corrected chi connectivity index (χ2v) is 9.23. The maximum Gasteiger partial charge on any atom is 0.416 e. The summed E-state index contributed by atoms with van der Waals surface area (Å²) in [7, 11) is -4.35. The summed E-state index contributed by atoms with van der Waals surface area (Å²) in [6, 6.07) is 14.0. The van der Waals surface area contributed by atoms with Crippen LogP contribution in [0.3, 0.4) is 0 Å². The molecule has 4 aromatic rings. The van der Waals surface area contributed by atoms with Gasteiger partial charge in [-0.3, -0.25) is 9.71 Å². The van der Waals surface area contributed by atoms with Crippen molar-refractivity contribution >= 4 is 26.5 Å². The number of nitrogens with one attached hydrogen (secondary N) is 1. The van der Waals surface area contributed by atoms with Crippen LogP contribution in [0.15, 0.2) is 77.8 Å². The highest BCUT2D eigenvalue weighted by atomic mass is 32.2. The van der Waals surface area contributed by atoms with Crippen LogP contribution in [0.25, 0.3) is 21.8 Å². The minimum absolute atomic E-state index is 0.0672. The average molecular weight is 479 g/mol. The topological polar surface area (TPSA) is 72.0 Å². The molecule has 0 saturated carbocycles. The van der Waals surface area contributed by atoms with Crippen molar-refractivity contribution in [2.24, 2.45) is 0 Å². The number of sulfonamides is 1. The largest absolute Gasteiger partial charge is 0.416 e. The molecule has 11 heteroatoms. The third kappa shape index (κ3) is 4.63. The Morgan fingerprint density at radius 3 is 2.34 bits per heavy atom. The monoisotopic (exact) mass is 479 g/mol. The Kier molecular flexibility index (Phi) is 5.70. The van der Waals surface area contributed by atoms with Gasteiger partial charge in [0.2, 0.25) is 0 Å². The molecule has 2 aromatic heterocycles. The molecule has 0 saturated heterocycles. The van der Waals surface area contributed by atoms with E-state index >= 15 is 0 Å². The summed E-state index contributed by atoms with van der Waals surface area (Å²) in [6.07, 6.45) is -3.15. The van der Waals surface area contributed by atoms with Crippen LogP contribution >= 0.6 is 11.3 Å². The smallest absolute Gasteiger partial charge is 0.255 e. The molecule has 0 spiro atoms. The molecule has 32 heavy (non-hydrogen) atoms. The second-order valence-electron chi connectivity index (χ2n) is 6.55. The van der Waals surface area contributed by atoms with E-state index in [4.69, 9.17) is 0 Å². The molecule has 0 unspecified atom stereocenters. The van der Waals surface area contributed by atoms with Crippen LogP contribution in [0.1, 0.15) is 5.56 Å². The van der Waals surface area contributed by atoms with Crippen molar-refractivity contribution in [3.63, 3.8) is 0 Å². The van der Waals surface area contributed by atoms with Gasteiger partial charge in [-0.15, -0.1) is 0 Å². The van der Waals surface area contributed by atoms with Crippen molar-refractivity contribution in [2.45, 2.75) is 11.1 Å². The summed E-state index contributed by atoms with van der Waals surface area (Å²) < 4.78 is 80.0. The van der Waals surface area contributed by atoms with E-state index in [9.17, 15) is 26.0 Å². The van der Waals surface area contributed by atoms with Crippen molar-refractivity contribution in [2.75, 3.05) is 4.72 Å². The highest BCUT2D eigenvalue weighted by molar-refractivity contribution is 7.93. The van der Waals surface area contributed by atoms with Gasteiger partial charge in [0.05, 0.1) is 21.0 Å². The Labute approximate surface area is 184 Å². The molecule has 0 bridgehead atoms. The quantitative estimate of drug-likeness (QED) is 0.366. The average Bonchev–Trinajstić information content (AvgIpc) is 3.17. The van der Waals surface area contributed by atoms with Gasteiger partial charge in [0, 0.05) is 6.20 Å². The van der Waals surface area contributed by atoms with E-state index in [0.717, 1.165) is 29.5 Å². The number of alkyl halides is 3. The predicted molar refractivity (Wildman–Crippen MR) is 113 cm³/mol. The molecule has 4 rings (SSSR count). The van der Waals surface area contributed by atoms with Crippen molar-refractivity contribution in [1.29, 1.82) is 0 Å². The summed E-state index contributed by atoms with van der Waals surface area (Å²) in [5.74, 6) is -0.442.